The summed E-state index contributed by atoms with van der Waals surface area (Å²) in [7, 11) is 0. The Hall–Kier alpha value is -1.04. The Morgan fingerprint density at radius 2 is 1.81 bits per heavy atom. The first-order valence-corrected chi connectivity index (χ1v) is 6.33. The first kappa shape index (κ1) is 13.0. The molecule has 1 rings (SSSR count). The Morgan fingerprint density at radius 3 is 2.44 bits per heavy atom. The molecule has 0 radical (unpaired) electrons. The van der Waals surface area contributed by atoms with Crippen LogP contribution in [0.1, 0.15) is 45.2 Å². The van der Waals surface area contributed by atoms with Gasteiger partial charge in [-0.1, -0.05) is 64.1 Å². The number of hydrogen-bond acceptors (Lipinski definition) is 0. The van der Waals surface area contributed by atoms with Gasteiger partial charge in [0.2, 0.25) is 0 Å². The molecule has 0 atom stereocenters. The minimum atomic E-state index is 0.731. The molecule has 1 aromatic carbocycles. The van der Waals surface area contributed by atoms with Gasteiger partial charge in [-0.3, -0.25) is 0 Å². The molecule has 0 aliphatic carbocycles. The van der Waals surface area contributed by atoms with Gasteiger partial charge < -0.3 is 0 Å². The van der Waals surface area contributed by atoms with Gasteiger partial charge in [0, 0.05) is 0 Å². The molecule has 0 aliphatic heterocycles. The van der Waals surface area contributed by atoms with Crippen LogP contribution in [0.5, 0.6) is 0 Å². The van der Waals surface area contributed by atoms with E-state index in [2.05, 4.69) is 64.1 Å². The van der Waals surface area contributed by atoms with E-state index < -0.39 is 0 Å². The quantitative estimate of drug-likeness (QED) is 0.653. The highest BCUT2D eigenvalue weighted by molar-refractivity contribution is 5.50. The molecule has 0 N–H and O–H groups in total. The SMILES string of the molecule is CC(C)C/C=C/c1cccc(CC(C)C)c1. The van der Waals surface area contributed by atoms with Crippen LogP contribution in [0.3, 0.4) is 0 Å². The molecule has 16 heavy (non-hydrogen) atoms. The molecule has 0 heteroatoms. The average molecular weight is 216 g/mol. The maximum atomic E-state index is 2.30. The maximum absolute atomic E-state index is 2.30. The lowest BCUT2D eigenvalue weighted by Crippen LogP contribution is -1.93. The number of allylic oxidation sites excluding steroid dienone is 1. The highest BCUT2D eigenvalue weighted by atomic mass is 14.0. The van der Waals surface area contributed by atoms with Crippen molar-refractivity contribution in [1.29, 1.82) is 0 Å². The Morgan fingerprint density at radius 1 is 1.06 bits per heavy atom. The largest absolute Gasteiger partial charge is 0.0837 e. The minimum absolute atomic E-state index is 0.731. The molecule has 0 aliphatic rings. The van der Waals surface area contributed by atoms with Gasteiger partial charge in [0.05, 0.1) is 0 Å². The fraction of sp³-hybridized carbons (Fsp3) is 0.500. The third-order valence-electron chi connectivity index (χ3n) is 2.51. The lowest BCUT2D eigenvalue weighted by molar-refractivity contribution is 0.647. The molecule has 0 amide bonds. The lowest BCUT2D eigenvalue weighted by atomic mass is 10.0. The van der Waals surface area contributed by atoms with Crippen LogP contribution in [-0.2, 0) is 6.42 Å². The van der Waals surface area contributed by atoms with Gasteiger partial charge in [-0.2, -0.15) is 0 Å². The molecule has 0 spiro atoms. The van der Waals surface area contributed by atoms with Crippen molar-refractivity contribution in [3.63, 3.8) is 0 Å². The van der Waals surface area contributed by atoms with E-state index in [1.165, 1.54) is 17.5 Å². The molecule has 0 fully saturated rings. The summed E-state index contributed by atoms with van der Waals surface area (Å²) < 4.78 is 0. The van der Waals surface area contributed by atoms with Crippen LogP contribution in [0.4, 0.5) is 0 Å². The zero-order valence-corrected chi connectivity index (χ0v) is 11.0. The molecule has 0 saturated heterocycles. The van der Waals surface area contributed by atoms with E-state index in [1.807, 2.05) is 0 Å². The molecule has 0 aromatic heterocycles. The van der Waals surface area contributed by atoms with E-state index in [9.17, 15) is 0 Å². The van der Waals surface area contributed by atoms with Crippen LogP contribution in [0.25, 0.3) is 6.08 Å². The topological polar surface area (TPSA) is 0 Å². The van der Waals surface area contributed by atoms with Crippen molar-refractivity contribution in [2.24, 2.45) is 11.8 Å². The molecular weight excluding hydrogens is 192 g/mol. The van der Waals surface area contributed by atoms with E-state index in [0.717, 1.165) is 18.3 Å². The fourth-order valence-corrected chi connectivity index (χ4v) is 1.77. The predicted molar refractivity (Wildman–Crippen MR) is 73.5 cm³/mol. The van der Waals surface area contributed by atoms with Crippen LogP contribution in [-0.4, -0.2) is 0 Å². The second-order valence-electron chi connectivity index (χ2n) is 5.37. The summed E-state index contributed by atoms with van der Waals surface area (Å²) in [5.41, 5.74) is 2.78. The highest BCUT2D eigenvalue weighted by Gasteiger charge is 1.97. The van der Waals surface area contributed by atoms with Gasteiger partial charge in [0.25, 0.3) is 0 Å². The summed E-state index contributed by atoms with van der Waals surface area (Å²) in [4.78, 5) is 0. The van der Waals surface area contributed by atoms with Crippen LogP contribution < -0.4 is 0 Å². The molecule has 0 heterocycles. The van der Waals surface area contributed by atoms with Crippen molar-refractivity contribution in [3.8, 4) is 0 Å². The summed E-state index contributed by atoms with van der Waals surface area (Å²) in [6, 6.07) is 8.87. The van der Waals surface area contributed by atoms with Crippen LogP contribution >= 0.6 is 0 Å². The van der Waals surface area contributed by atoms with Crippen molar-refractivity contribution >= 4 is 6.08 Å². The Labute approximate surface area is 100 Å². The third kappa shape index (κ3) is 5.16. The Bertz CT molecular complexity index is 332. The summed E-state index contributed by atoms with van der Waals surface area (Å²) in [6.45, 7) is 9.03. The lowest BCUT2D eigenvalue weighted by Gasteiger charge is -2.05. The van der Waals surface area contributed by atoms with Gasteiger partial charge in [-0.15, -0.1) is 0 Å². The molecule has 88 valence electrons. The van der Waals surface area contributed by atoms with Crippen molar-refractivity contribution in [2.45, 2.75) is 40.5 Å². The van der Waals surface area contributed by atoms with Gasteiger partial charge in [0.15, 0.2) is 0 Å². The van der Waals surface area contributed by atoms with E-state index in [4.69, 9.17) is 0 Å². The summed E-state index contributed by atoms with van der Waals surface area (Å²) in [5, 5.41) is 0. The molecule has 0 bridgehead atoms. The second kappa shape index (κ2) is 6.52. The predicted octanol–water partition coefficient (Wildman–Crippen LogP) is 4.94. The zero-order chi connectivity index (χ0) is 12.0. The minimum Gasteiger partial charge on any atom is -0.0837 e. The Balaban J connectivity index is 2.63. The van der Waals surface area contributed by atoms with Gasteiger partial charge in [-0.05, 0) is 35.8 Å². The van der Waals surface area contributed by atoms with Crippen molar-refractivity contribution in [2.75, 3.05) is 0 Å². The third-order valence-corrected chi connectivity index (χ3v) is 2.51. The maximum Gasteiger partial charge on any atom is -0.0255 e. The second-order valence-corrected chi connectivity index (χ2v) is 5.37. The standard InChI is InChI=1S/C16H24/c1-13(2)7-5-8-15-9-6-10-16(12-15)11-14(3)4/h5-6,8-10,12-14H,7,11H2,1-4H3/b8-5+. The van der Waals surface area contributed by atoms with Crippen LogP contribution in [0, 0.1) is 11.8 Å². The van der Waals surface area contributed by atoms with Crippen molar-refractivity contribution < 1.29 is 0 Å². The fourth-order valence-electron chi connectivity index (χ4n) is 1.77. The summed E-state index contributed by atoms with van der Waals surface area (Å²) >= 11 is 0. The average Bonchev–Trinajstić information content (AvgIpc) is 2.16. The highest BCUT2D eigenvalue weighted by Crippen LogP contribution is 2.12. The zero-order valence-electron chi connectivity index (χ0n) is 11.0. The molecule has 1 aromatic rings. The molecule has 0 nitrogen and oxygen atoms in total. The number of benzene rings is 1. The monoisotopic (exact) mass is 216 g/mol. The van der Waals surface area contributed by atoms with Crippen molar-refractivity contribution in [1.82, 2.24) is 0 Å². The smallest absolute Gasteiger partial charge is 0.0255 e. The van der Waals surface area contributed by atoms with E-state index in [0.29, 0.717) is 0 Å². The van der Waals surface area contributed by atoms with Crippen molar-refractivity contribution in [3.05, 3.63) is 41.5 Å². The molecular formula is C16H24. The number of rotatable bonds is 5. The molecule has 0 unspecified atom stereocenters. The summed E-state index contributed by atoms with van der Waals surface area (Å²) in [6.07, 6.45) is 6.85. The van der Waals surface area contributed by atoms with Gasteiger partial charge in [0.1, 0.15) is 0 Å². The first-order valence-electron chi connectivity index (χ1n) is 6.33. The Kier molecular flexibility index (Phi) is 5.31. The van der Waals surface area contributed by atoms with Gasteiger partial charge >= 0.3 is 0 Å². The van der Waals surface area contributed by atoms with E-state index in [-0.39, 0.29) is 0 Å². The normalized spacial score (nSPS) is 11.9. The van der Waals surface area contributed by atoms with Crippen LogP contribution in [0.15, 0.2) is 30.3 Å². The van der Waals surface area contributed by atoms with Gasteiger partial charge in [-0.25, -0.2) is 0 Å². The van der Waals surface area contributed by atoms with E-state index >= 15 is 0 Å². The first-order chi connectivity index (χ1) is 7.58. The van der Waals surface area contributed by atoms with Crippen LogP contribution in [0.2, 0.25) is 0 Å². The number of hydrogen-bond donors (Lipinski definition) is 0. The van der Waals surface area contributed by atoms with E-state index in [1.54, 1.807) is 0 Å². The summed E-state index contributed by atoms with van der Waals surface area (Å²) in [5.74, 6) is 1.48. The molecule has 0 saturated carbocycles.